The second kappa shape index (κ2) is 5.04. The Balaban J connectivity index is 2.60. The predicted molar refractivity (Wildman–Crippen MR) is 71.4 cm³/mol. The van der Waals surface area contributed by atoms with Crippen molar-refractivity contribution >= 4 is 16.6 Å². The lowest BCUT2D eigenvalue weighted by atomic mass is 10.1. The average Bonchev–Trinajstić information content (AvgIpc) is 2.70. The van der Waals surface area contributed by atoms with E-state index in [4.69, 9.17) is 4.84 Å². The minimum atomic E-state index is 0.915. The zero-order valence-corrected chi connectivity index (χ0v) is 10.6. The minimum Gasteiger partial charge on any atom is -0.399 e. The molecule has 0 aliphatic carbocycles. The van der Waals surface area contributed by atoms with E-state index < -0.39 is 0 Å². The first-order valence-corrected chi connectivity index (χ1v) is 5.94. The van der Waals surface area contributed by atoms with Crippen molar-refractivity contribution in [1.29, 1.82) is 0 Å². The topological polar surface area (TPSA) is 26.5 Å². The average molecular weight is 230 g/mol. The Morgan fingerprint density at radius 3 is 2.82 bits per heavy atom. The summed E-state index contributed by atoms with van der Waals surface area (Å²) in [6.45, 7) is 5.19. The molecule has 0 saturated carbocycles. The molecule has 0 unspecified atom stereocenters. The molecule has 2 rings (SSSR count). The number of hydrogen-bond donors (Lipinski definition) is 0. The molecular weight excluding hydrogens is 212 g/mol. The van der Waals surface area contributed by atoms with Crippen molar-refractivity contribution in [1.82, 2.24) is 4.57 Å². The number of fused-ring (bicyclic) bond motifs is 1. The number of hydrogen-bond acceptors (Lipinski definition) is 2. The van der Waals surface area contributed by atoms with E-state index in [2.05, 4.69) is 47.1 Å². The van der Waals surface area contributed by atoms with Crippen molar-refractivity contribution in [3.8, 4) is 0 Å². The van der Waals surface area contributed by atoms with E-state index in [-0.39, 0.29) is 0 Å². The molecule has 1 heterocycles. The number of aryl methyl sites for hydroxylation is 1. The van der Waals surface area contributed by atoms with Crippen LogP contribution in [0.2, 0.25) is 0 Å². The molecule has 0 atom stereocenters. The Hall–Kier alpha value is -1.77. The van der Waals surface area contributed by atoms with E-state index in [9.17, 15) is 0 Å². The smallest absolute Gasteiger partial charge is 0.106 e. The zero-order chi connectivity index (χ0) is 12.3. The molecule has 17 heavy (non-hydrogen) atoms. The number of benzene rings is 1. The Labute approximate surface area is 102 Å². The highest BCUT2D eigenvalue weighted by atomic mass is 16.6. The molecule has 0 amide bonds. The maximum Gasteiger partial charge on any atom is 0.106 e. The Kier molecular flexibility index (Phi) is 3.47. The summed E-state index contributed by atoms with van der Waals surface area (Å²) in [4.78, 5) is 4.85. The normalized spacial score (nSPS) is 12.1. The third kappa shape index (κ3) is 2.18. The molecule has 1 aromatic heterocycles. The van der Waals surface area contributed by atoms with E-state index >= 15 is 0 Å². The minimum absolute atomic E-state index is 0.915. The summed E-state index contributed by atoms with van der Waals surface area (Å²) in [5, 5.41) is 5.26. The molecule has 0 fully saturated rings. The van der Waals surface area contributed by atoms with Gasteiger partial charge in [-0.25, -0.2) is 0 Å². The summed E-state index contributed by atoms with van der Waals surface area (Å²) in [7, 11) is 1.58. The van der Waals surface area contributed by atoms with Crippen molar-refractivity contribution in [3.63, 3.8) is 0 Å². The van der Waals surface area contributed by atoms with Crippen molar-refractivity contribution in [2.75, 3.05) is 7.11 Å². The monoisotopic (exact) mass is 230 g/mol. The van der Waals surface area contributed by atoms with Crippen LogP contribution in [0.5, 0.6) is 0 Å². The molecule has 0 saturated heterocycles. The summed E-state index contributed by atoms with van der Waals surface area (Å²) < 4.78 is 2.28. The van der Waals surface area contributed by atoms with Crippen LogP contribution in [0.4, 0.5) is 0 Å². The summed E-state index contributed by atoms with van der Waals surface area (Å²) in [6, 6.07) is 8.41. The molecule has 0 aliphatic rings. The number of rotatable bonds is 4. The highest BCUT2D eigenvalue weighted by Gasteiger charge is 2.09. The predicted octanol–water partition coefficient (Wildman–Crippen LogP) is 3.42. The molecule has 0 N–H and O–H groups in total. The van der Waals surface area contributed by atoms with Crippen LogP contribution in [0, 0.1) is 0 Å². The standard InChI is InChI=1S/C14H18N2O/c1-4-9-16-10-13(11(2)15-17-3)12-7-5-6-8-14(12)16/h5-8,10H,4,9H2,1-3H3. The first-order chi connectivity index (χ1) is 8.27. The number of para-hydroxylation sites is 1. The number of oxime groups is 1. The molecule has 2 aromatic rings. The third-order valence-electron chi connectivity index (χ3n) is 2.87. The highest BCUT2D eigenvalue weighted by molar-refractivity contribution is 6.09. The Bertz CT molecular complexity index is 540. The van der Waals surface area contributed by atoms with Gasteiger partial charge in [-0.2, -0.15) is 0 Å². The summed E-state index contributed by atoms with van der Waals surface area (Å²) in [6.07, 6.45) is 3.28. The summed E-state index contributed by atoms with van der Waals surface area (Å²) in [5.74, 6) is 0. The van der Waals surface area contributed by atoms with E-state index in [1.54, 1.807) is 7.11 Å². The van der Waals surface area contributed by atoms with Gasteiger partial charge in [0.15, 0.2) is 0 Å². The van der Waals surface area contributed by atoms with Crippen molar-refractivity contribution < 1.29 is 4.84 Å². The summed E-state index contributed by atoms with van der Waals surface area (Å²) >= 11 is 0. The van der Waals surface area contributed by atoms with E-state index in [0.717, 1.165) is 24.2 Å². The lowest BCUT2D eigenvalue weighted by Crippen LogP contribution is -1.95. The van der Waals surface area contributed by atoms with E-state index in [0.29, 0.717) is 0 Å². The second-order valence-corrected chi connectivity index (χ2v) is 4.11. The number of aromatic nitrogens is 1. The fourth-order valence-electron chi connectivity index (χ4n) is 2.15. The molecule has 3 heteroatoms. The van der Waals surface area contributed by atoms with Gasteiger partial charge in [0.05, 0.1) is 5.71 Å². The highest BCUT2D eigenvalue weighted by Crippen LogP contribution is 2.22. The number of nitrogens with zero attached hydrogens (tertiary/aromatic N) is 2. The molecule has 3 nitrogen and oxygen atoms in total. The molecule has 0 aliphatic heterocycles. The maximum atomic E-state index is 4.85. The van der Waals surface area contributed by atoms with Gasteiger partial charge >= 0.3 is 0 Å². The van der Waals surface area contributed by atoms with Gasteiger partial charge in [0.1, 0.15) is 7.11 Å². The lowest BCUT2D eigenvalue weighted by molar-refractivity contribution is 0.213. The quantitative estimate of drug-likeness (QED) is 0.584. The first kappa shape index (κ1) is 11.7. The Morgan fingerprint density at radius 2 is 2.12 bits per heavy atom. The van der Waals surface area contributed by atoms with Crippen LogP contribution in [-0.4, -0.2) is 17.4 Å². The van der Waals surface area contributed by atoms with Crippen molar-refractivity contribution in [3.05, 3.63) is 36.0 Å². The maximum absolute atomic E-state index is 4.85. The molecule has 0 bridgehead atoms. The van der Waals surface area contributed by atoms with Crippen molar-refractivity contribution in [2.24, 2.45) is 5.16 Å². The van der Waals surface area contributed by atoms with Gasteiger partial charge < -0.3 is 9.40 Å². The SMILES string of the molecule is CCCn1cc(C(C)=NOC)c2ccccc21. The molecule has 1 aromatic carbocycles. The van der Waals surface area contributed by atoms with Gasteiger partial charge in [0.2, 0.25) is 0 Å². The second-order valence-electron chi connectivity index (χ2n) is 4.11. The third-order valence-corrected chi connectivity index (χ3v) is 2.87. The van der Waals surface area contributed by atoms with Crippen LogP contribution in [0.1, 0.15) is 25.8 Å². The first-order valence-electron chi connectivity index (χ1n) is 5.94. The van der Waals surface area contributed by atoms with Gasteiger partial charge in [0, 0.05) is 29.2 Å². The van der Waals surface area contributed by atoms with Gasteiger partial charge in [0.25, 0.3) is 0 Å². The zero-order valence-electron chi connectivity index (χ0n) is 10.6. The Morgan fingerprint density at radius 1 is 1.35 bits per heavy atom. The van der Waals surface area contributed by atoms with E-state index in [1.807, 2.05) is 6.92 Å². The fourth-order valence-corrected chi connectivity index (χ4v) is 2.15. The van der Waals surface area contributed by atoms with Gasteiger partial charge in [-0.15, -0.1) is 0 Å². The molecule has 0 spiro atoms. The summed E-state index contributed by atoms with van der Waals surface area (Å²) in [5.41, 5.74) is 3.32. The van der Waals surface area contributed by atoms with Crippen LogP contribution in [-0.2, 0) is 11.4 Å². The van der Waals surface area contributed by atoms with Crippen molar-refractivity contribution in [2.45, 2.75) is 26.8 Å². The van der Waals surface area contributed by atoms with Gasteiger partial charge in [-0.3, -0.25) is 0 Å². The lowest BCUT2D eigenvalue weighted by Gasteiger charge is -2.00. The van der Waals surface area contributed by atoms with Gasteiger partial charge in [-0.1, -0.05) is 30.3 Å². The molecular formula is C14H18N2O. The van der Waals surface area contributed by atoms with E-state index in [1.165, 1.54) is 10.9 Å². The van der Waals surface area contributed by atoms with Crippen LogP contribution in [0.3, 0.4) is 0 Å². The van der Waals surface area contributed by atoms with Gasteiger partial charge in [-0.05, 0) is 19.4 Å². The largest absolute Gasteiger partial charge is 0.399 e. The van der Waals surface area contributed by atoms with Crippen LogP contribution in [0.15, 0.2) is 35.6 Å². The fraction of sp³-hybridized carbons (Fsp3) is 0.357. The van der Waals surface area contributed by atoms with Crippen LogP contribution in [0.25, 0.3) is 10.9 Å². The molecule has 0 radical (unpaired) electrons. The van der Waals surface area contributed by atoms with Crippen LogP contribution < -0.4 is 0 Å². The molecule has 90 valence electrons. The van der Waals surface area contributed by atoms with Crippen LogP contribution >= 0.6 is 0 Å².